The highest BCUT2D eigenvalue weighted by atomic mass is 19.1. The van der Waals surface area contributed by atoms with E-state index in [0.29, 0.717) is 6.54 Å². The molecule has 0 heterocycles. The third kappa shape index (κ3) is 6.10. The zero-order valence-corrected chi connectivity index (χ0v) is 19.5. The lowest BCUT2D eigenvalue weighted by Gasteiger charge is -2.26. The molecule has 1 aliphatic rings. The van der Waals surface area contributed by atoms with Crippen LogP contribution in [0.1, 0.15) is 55.3 Å². The number of anilines is 1. The van der Waals surface area contributed by atoms with Crippen LogP contribution in [0.25, 0.3) is 0 Å². The Morgan fingerprint density at radius 1 is 0.941 bits per heavy atom. The molecule has 4 rings (SSSR count). The van der Waals surface area contributed by atoms with Gasteiger partial charge in [0, 0.05) is 11.6 Å². The molecule has 4 nitrogen and oxygen atoms in total. The summed E-state index contributed by atoms with van der Waals surface area (Å²) < 4.78 is 13.4. The van der Waals surface area contributed by atoms with Crippen LogP contribution in [0, 0.1) is 11.7 Å². The van der Waals surface area contributed by atoms with Crippen molar-refractivity contribution in [1.29, 1.82) is 0 Å². The number of carbonyl (C=O) groups is 2. The maximum absolute atomic E-state index is 13.4. The maximum atomic E-state index is 13.4. The monoisotopic (exact) mass is 458 g/mol. The first kappa shape index (κ1) is 23.7. The first-order valence-electron chi connectivity index (χ1n) is 12.0. The van der Waals surface area contributed by atoms with Gasteiger partial charge in [-0.1, -0.05) is 67.4 Å². The summed E-state index contributed by atoms with van der Waals surface area (Å²) in [5, 5.41) is 3.05. The second kappa shape index (κ2) is 11.1. The smallest absolute Gasteiger partial charge is 0.230 e. The molecular formula is C29H31FN2O2. The van der Waals surface area contributed by atoms with Gasteiger partial charge in [-0.2, -0.15) is 0 Å². The van der Waals surface area contributed by atoms with E-state index in [-0.39, 0.29) is 36.0 Å². The number of hydrogen-bond donors (Lipinski definition) is 1. The van der Waals surface area contributed by atoms with E-state index < -0.39 is 0 Å². The van der Waals surface area contributed by atoms with Crippen molar-refractivity contribution >= 4 is 17.5 Å². The van der Waals surface area contributed by atoms with E-state index in [4.69, 9.17) is 0 Å². The summed E-state index contributed by atoms with van der Waals surface area (Å²) >= 11 is 0. The molecule has 1 saturated carbocycles. The summed E-state index contributed by atoms with van der Waals surface area (Å²) in [5.74, 6) is -0.254. The van der Waals surface area contributed by atoms with Gasteiger partial charge in [0.2, 0.25) is 11.8 Å². The number of hydrogen-bond acceptors (Lipinski definition) is 2. The molecule has 1 aliphatic carbocycles. The number of carbonyl (C=O) groups excluding carboxylic acids is 2. The van der Waals surface area contributed by atoms with Gasteiger partial charge in [0.05, 0.1) is 19.0 Å². The molecular weight excluding hydrogens is 427 g/mol. The van der Waals surface area contributed by atoms with Gasteiger partial charge in [0.15, 0.2) is 0 Å². The van der Waals surface area contributed by atoms with Gasteiger partial charge >= 0.3 is 0 Å². The summed E-state index contributed by atoms with van der Waals surface area (Å²) in [6.45, 7) is 2.34. The molecule has 0 radical (unpaired) electrons. The van der Waals surface area contributed by atoms with Crippen LogP contribution in [-0.2, 0) is 22.6 Å². The summed E-state index contributed by atoms with van der Waals surface area (Å²) in [7, 11) is 0. The highest BCUT2D eigenvalue weighted by Crippen LogP contribution is 2.30. The van der Waals surface area contributed by atoms with Crippen LogP contribution in [0.2, 0.25) is 0 Å². The third-order valence-electron chi connectivity index (χ3n) is 6.49. The molecule has 2 amide bonds. The topological polar surface area (TPSA) is 49.4 Å². The molecule has 1 atom stereocenters. The molecule has 0 aromatic heterocycles. The van der Waals surface area contributed by atoms with Crippen molar-refractivity contribution in [3.8, 4) is 0 Å². The minimum atomic E-state index is -0.296. The predicted molar refractivity (Wildman–Crippen MR) is 133 cm³/mol. The first-order valence-corrected chi connectivity index (χ1v) is 12.0. The molecule has 3 aromatic carbocycles. The van der Waals surface area contributed by atoms with Crippen molar-refractivity contribution in [2.24, 2.45) is 5.92 Å². The molecule has 5 heteroatoms. The molecule has 176 valence electrons. The van der Waals surface area contributed by atoms with E-state index in [2.05, 4.69) is 5.32 Å². The van der Waals surface area contributed by atoms with Crippen LogP contribution in [-0.4, -0.2) is 11.8 Å². The standard InChI is InChI=1S/C29H31FN2O2/c1-21(24-9-3-2-4-10-24)31-28(33)19-23-8-7-13-27(18-23)32(29(34)25-11-5-6-12-25)20-22-14-16-26(30)17-15-22/h2-4,7-10,13-18,21,25H,5-6,11-12,19-20H2,1H3,(H,31,33). The average Bonchev–Trinajstić information content (AvgIpc) is 3.39. The molecule has 1 fully saturated rings. The molecule has 1 N–H and O–H groups in total. The molecule has 0 spiro atoms. The highest BCUT2D eigenvalue weighted by Gasteiger charge is 2.28. The quantitative estimate of drug-likeness (QED) is 0.452. The zero-order chi connectivity index (χ0) is 23.9. The van der Waals surface area contributed by atoms with Gasteiger partial charge in [0.25, 0.3) is 0 Å². The summed E-state index contributed by atoms with van der Waals surface area (Å²) in [6.07, 6.45) is 4.17. The van der Waals surface area contributed by atoms with Crippen molar-refractivity contribution in [2.45, 2.75) is 51.6 Å². The lowest BCUT2D eigenvalue weighted by molar-refractivity contribution is -0.122. The highest BCUT2D eigenvalue weighted by molar-refractivity contribution is 5.95. The average molecular weight is 459 g/mol. The van der Waals surface area contributed by atoms with Gasteiger partial charge < -0.3 is 10.2 Å². The van der Waals surface area contributed by atoms with Crippen molar-refractivity contribution in [2.75, 3.05) is 4.90 Å². The lowest BCUT2D eigenvalue weighted by Crippen LogP contribution is -2.35. The Morgan fingerprint density at radius 2 is 1.65 bits per heavy atom. The number of amides is 2. The molecule has 0 bridgehead atoms. The van der Waals surface area contributed by atoms with Crippen molar-refractivity contribution in [3.05, 3.63) is 101 Å². The van der Waals surface area contributed by atoms with Crippen LogP contribution in [0.3, 0.4) is 0 Å². The Bertz CT molecular complexity index is 1110. The summed E-state index contributed by atoms with van der Waals surface area (Å²) in [6, 6.07) is 23.7. The molecule has 1 unspecified atom stereocenters. The second-order valence-corrected chi connectivity index (χ2v) is 9.08. The van der Waals surface area contributed by atoms with E-state index in [0.717, 1.165) is 48.1 Å². The van der Waals surface area contributed by atoms with Crippen molar-refractivity contribution < 1.29 is 14.0 Å². The van der Waals surface area contributed by atoms with Gasteiger partial charge in [-0.3, -0.25) is 9.59 Å². The summed E-state index contributed by atoms with van der Waals surface area (Å²) in [4.78, 5) is 27.9. The van der Waals surface area contributed by atoms with Gasteiger partial charge in [0.1, 0.15) is 5.82 Å². The molecule has 34 heavy (non-hydrogen) atoms. The molecule has 0 saturated heterocycles. The van der Waals surface area contributed by atoms with Gasteiger partial charge in [-0.05, 0) is 60.7 Å². The van der Waals surface area contributed by atoms with Gasteiger partial charge in [-0.15, -0.1) is 0 Å². The number of benzene rings is 3. The van der Waals surface area contributed by atoms with E-state index in [1.807, 2.05) is 61.5 Å². The first-order chi connectivity index (χ1) is 16.5. The minimum absolute atomic E-state index is 0.0131. The Labute approximate surface area is 200 Å². The fraction of sp³-hybridized carbons (Fsp3) is 0.310. The zero-order valence-electron chi connectivity index (χ0n) is 19.5. The molecule has 0 aliphatic heterocycles. The number of rotatable bonds is 8. The normalized spacial score (nSPS) is 14.5. The van der Waals surface area contributed by atoms with E-state index in [1.54, 1.807) is 17.0 Å². The SMILES string of the molecule is CC(NC(=O)Cc1cccc(N(Cc2ccc(F)cc2)C(=O)C2CCCC2)c1)c1ccccc1. The number of halogens is 1. The Hall–Kier alpha value is -3.47. The fourth-order valence-electron chi connectivity index (χ4n) is 4.60. The van der Waals surface area contributed by atoms with Crippen molar-refractivity contribution in [1.82, 2.24) is 5.32 Å². The van der Waals surface area contributed by atoms with Crippen LogP contribution < -0.4 is 10.2 Å². The van der Waals surface area contributed by atoms with E-state index >= 15 is 0 Å². The van der Waals surface area contributed by atoms with E-state index in [9.17, 15) is 14.0 Å². The fourth-order valence-corrected chi connectivity index (χ4v) is 4.60. The Morgan fingerprint density at radius 3 is 2.35 bits per heavy atom. The minimum Gasteiger partial charge on any atom is -0.349 e. The van der Waals surface area contributed by atoms with Crippen LogP contribution >= 0.6 is 0 Å². The Balaban J connectivity index is 1.50. The van der Waals surface area contributed by atoms with Crippen LogP contribution in [0.4, 0.5) is 10.1 Å². The van der Waals surface area contributed by atoms with E-state index in [1.165, 1.54) is 12.1 Å². The lowest BCUT2D eigenvalue weighted by atomic mass is 10.0. The van der Waals surface area contributed by atoms with Crippen LogP contribution in [0.5, 0.6) is 0 Å². The second-order valence-electron chi connectivity index (χ2n) is 9.08. The number of nitrogens with zero attached hydrogens (tertiary/aromatic N) is 1. The molecule has 3 aromatic rings. The predicted octanol–water partition coefficient (Wildman–Crippen LogP) is 5.97. The Kier molecular flexibility index (Phi) is 7.73. The largest absolute Gasteiger partial charge is 0.349 e. The third-order valence-corrected chi connectivity index (χ3v) is 6.49. The maximum Gasteiger partial charge on any atom is 0.230 e. The summed E-state index contributed by atoms with van der Waals surface area (Å²) in [5.41, 5.74) is 3.53. The van der Waals surface area contributed by atoms with Gasteiger partial charge in [-0.25, -0.2) is 4.39 Å². The number of nitrogens with one attached hydrogen (secondary N) is 1. The van der Waals surface area contributed by atoms with Crippen molar-refractivity contribution in [3.63, 3.8) is 0 Å². The van der Waals surface area contributed by atoms with Crippen LogP contribution in [0.15, 0.2) is 78.9 Å².